The van der Waals surface area contributed by atoms with Gasteiger partial charge in [0, 0.05) is 19.5 Å². The second kappa shape index (κ2) is 8.63. The summed E-state index contributed by atoms with van der Waals surface area (Å²) in [5.74, 6) is -1.50. The molecule has 5 nitrogen and oxygen atoms in total. The van der Waals surface area contributed by atoms with E-state index in [0.717, 1.165) is 0 Å². The molecule has 0 saturated carbocycles. The number of benzene rings is 2. The normalized spacial score (nSPS) is 9.62. The molecule has 0 aliphatic rings. The van der Waals surface area contributed by atoms with Gasteiger partial charge < -0.3 is 13.9 Å². The van der Waals surface area contributed by atoms with Crippen LogP contribution in [0.1, 0.15) is 20.7 Å². The summed E-state index contributed by atoms with van der Waals surface area (Å²) in [6, 6.07) is 16.3. The van der Waals surface area contributed by atoms with E-state index in [0.29, 0.717) is 0 Å². The summed E-state index contributed by atoms with van der Waals surface area (Å²) in [5.41, 5.74) is 0.537. The van der Waals surface area contributed by atoms with E-state index in [1.807, 2.05) is 0 Å². The second-order valence-electron chi connectivity index (χ2n) is 3.73. The molecule has 0 heterocycles. The van der Waals surface area contributed by atoms with Crippen LogP contribution in [0.2, 0.25) is 0 Å². The van der Waals surface area contributed by atoms with Crippen molar-refractivity contribution in [3.05, 3.63) is 71.8 Å². The Morgan fingerprint density at radius 2 is 1.10 bits per heavy atom. The average molecular weight is 356 g/mol. The number of hydrogen-bond donors (Lipinski definition) is 1. The van der Waals surface area contributed by atoms with Crippen molar-refractivity contribution in [2.75, 3.05) is 0 Å². The van der Waals surface area contributed by atoms with Crippen LogP contribution in [0.3, 0.4) is 0 Å². The Kier molecular flexibility index (Phi) is 7.17. The molecule has 0 saturated heterocycles. The Morgan fingerprint density at radius 3 is 1.43 bits per heavy atom. The first-order chi connectivity index (χ1) is 9.66. The topological polar surface area (TPSA) is 72.8 Å². The quantitative estimate of drug-likeness (QED) is 0.674. The van der Waals surface area contributed by atoms with E-state index in [1.165, 1.54) is 24.3 Å². The predicted octanol–water partition coefficient (Wildman–Crippen LogP) is 2.92. The molecule has 0 fully saturated rings. The van der Waals surface area contributed by atoms with Gasteiger partial charge in [0.25, 0.3) is 0 Å². The molecule has 0 unspecified atom stereocenters. The van der Waals surface area contributed by atoms with Crippen molar-refractivity contribution in [3.63, 3.8) is 0 Å². The fourth-order valence-corrected chi connectivity index (χ4v) is 1.95. The molecule has 2 aromatic rings. The largest absolute Gasteiger partial charge is 0.465 e. The molecule has 0 amide bonds. The van der Waals surface area contributed by atoms with Gasteiger partial charge >= 0.3 is 20.5 Å². The third-order valence-corrected chi connectivity index (χ3v) is 2.99. The van der Waals surface area contributed by atoms with E-state index in [-0.39, 0.29) is 30.6 Å². The Labute approximate surface area is 135 Å². The molecule has 0 radical (unpaired) electrons. The predicted molar refractivity (Wildman–Crippen MR) is 72.9 cm³/mol. The minimum atomic E-state index is -2.61. The van der Waals surface area contributed by atoms with Crippen molar-refractivity contribution in [3.8, 4) is 0 Å². The first-order valence-electron chi connectivity index (χ1n) is 5.70. The van der Waals surface area contributed by atoms with Gasteiger partial charge in [0.05, 0.1) is 11.1 Å². The molecular weight excluding hydrogens is 345 g/mol. The minimum absolute atomic E-state index is 0. The molecule has 0 aliphatic heterocycles. The van der Waals surface area contributed by atoms with E-state index >= 15 is 0 Å². The van der Waals surface area contributed by atoms with Crippen LogP contribution < -0.4 is 0 Å². The van der Waals surface area contributed by atoms with E-state index < -0.39 is 20.5 Å². The molecule has 7 heteroatoms. The van der Waals surface area contributed by atoms with Crippen LogP contribution in [-0.2, 0) is 28.5 Å². The van der Waals surface area contributed by atoms with Gasteiger partial charge in [-0.25, -0.2) is 9.59 Å². The van der Waals surface area contributed by atoms with Gasteiger partial charge in [0.15, 0.2) is 0 Å². The molecule has 1 N–H and O–H groups in total. The van der Waals surface area contributed by atoms with Gasteiger partial charge in [-0.3, -0.25) is 0 Å². The number of carbonyl (C=O) groups excluding carboxylic acids is 2. The molecular formula is C14H11O5PZn. The number of carbonyl (C=O) groups is 2. The van der Waals surface area contributed by atoms with E-state index in [2.05, 4.69) is 9.05 Å². The average Bonchev–Trinajstić information content (AvgIpc) is 2.49. The summed E-state index contributed by atoms with van der Waals surface area (Å²) in [6.07, 6.45) is 0. The second-order valence-corrected chi connectivity index (χ2v) is 4.57. The zero-order chi connectivity index (χ0) is 14.4. The SMILES string of the molecule is O=C(OP(O)OC(=O)c1ccccc1)c1ccccc1.[Zn]. The standard InChI is InChI=1S/C14H11O5P.Zn/c15-13(11-7-3-1-4-8-11)18-20(17)19-14(16)12-9-5-2-6-10-12;/h1-10,17H;. The first kappa shape index (κ1) is 17.4. The maximum absolute atomic E-state index is 11.6. The van der Waals surface area contributed by atoms with Gasteiger partial charge in [-0.2, -0.15) is 0 Å². The smallest absolute Gasteiger partial charge is 0.381 e. The fourth-order valence-electron chi connectivity index (χ4n) is 1.41. The number of hydrogen-bond acceptors (Lipinski definition) is 5. The molecule has 0 aromatic heterocycles. The van der Waals surface area contributed by atoms with Crippen LogP contribution >= 0.6 is 8.60 Å². The Balaban J connectivity index is 0.00000220. The van der Waals surface area contributed by atoms with Crippen LogP contribution in [0.4, 0.5) is 0 Å². The van der Waals surface area contributed by atoms with Crippen molar-refractivity contribution in [2.45, 2.75) is 0 Å². The van der Waals surface area contributed by atoms with Gasteiger partial charge in [0.1, 0.15) is 0 Å². The monoisotopic (exact) mass is 354 g/mol. The maximum Gasteiger partial charge on any atom is 0.465 e. The zero-order valence-corrected chi connectivity index (χ0v) is 14.9. The van der Waals surface area contributed by atoms with Crippen molar-refractivity contribution >= 4 is 20.5 Å². The van der Waals surface area contributed by atoms with E-state index in [4.69, 9.17) is 0 Å². The van der Waals surface area contributed by atoms with Crippen molar-refractivity contribution in [1.82, 2.24) is 0 Å². The third kappa shape index (κ3) is 5.35. The maximum atomic E-state index is 11.6. The molecule has 104 valence electrons. The Morgan fingerprint density at radius 1 is 0.762 bits per heavy atom. The Bertz CT molecular complexity index is 537. The van der Waals surface area contributed by atoms with Gasteiger partial charge in [-0.1, -0.05) is 36.4 Å². The van der Waals surface area contributed by atoms with Crippen molar-refractivity contribution < 1.29 is 43.0 Å². The summed E-state index contributed by atoms with van der Waals surface area (Å²) in [4.78, 5) is 32.7. The third-order valence-electron chi connectivity index (χ3n) is 2.34. The first-order valence-corrected chi connectivity index (χ1v) is 6.83. The summed E-state index contributed by atoms with van der Waals surface area (Å²) in [7, 11) is -2.61. The minimum Gasteiger partial charge on any atom is -0.381 e. The van der Waals surface area contributed by atoms with Gasteiger partial charge in [-0.05, 0) is 24.3 Å². The summed E-state index contributed by atoms with van der Waals surface area (Å²) in [6.45, 7) is 0. The molecule has 0 bridgehead atoms. The molecule has 2 rings (SSSR count). The fraction of sp³-hybridized carbons (Fsp3) is 0. The summed E-state index contributed by atoms with van der Waals surface area (Å²) < 4.78 is 9.33. The van der Waals surface area contributed by atoms with Crippen molar-refractivity contribution in [2.24, 2.45) is 0 Å². The molecule has 2 aromatic carbocycles. The molecule has 21 heavy (non-hydrogen) atoms. The van der Waals surface area contributed by atoms with Crippen LogP contribution in [0.15, 0.2) is 60.7 Å². The zero-order valence-electron chi connectivity index (χ0n) is 11.0. The molecule has 0 aliphatic carbocycles. The van der Waals surface area contributed by atoms with Gasteiger partial charge in [0.2, 0.25) is 0 Å². The van der Waals surface area contributed by atoms with E-state index in [1.54, 1.807) is 36.4 Å². The van der Waals surface area contributed by atoms with Crippen LogP contribution in [0.5, 0.6) is 0 Å². The summed E-state index contributed by atoms with van der Waals surface area (Å²) >= 11 is 0. The van der Waals surface area contributed by atoms with Gasteiger partial charge in [-0.15, -0.1) is 0 Å². The van der Waals surface area contributed by atoms with Crippen LogP contribution in [0.25, 0.3) is 0 Å². The van der Waals surface area contributed by atoms with Crippen LogP contribution in [0, 0.1) is 0 Å². The summed E-state index contributed by atoms with van der Waals surface area (Å²) in [5, 5.41) is 0. The van der Waals surface area contributed by atoms with E-state index in [9.17, 15) is 14.5 Å². The van der Waals surface area contributed by atoms with Crippen LogP contribution in [-0.4, -0.2) is 16.8 Å². The number of rotatable bonds is 4. The molecule has 0 spiro atoms. The van der Waals surface area contributed by atoms with Crippen molar-refractivity contribution in [1.29, 1.82) is 0 Å². The Hall–Kier alpha value is -1.61. The molecule has 0 atom stereocenters.